The van der Waals surface area contributed by atoms with E-state index in [4.69, 9.17) is 4.74 Å². The molecule has 0 bridgehead atoms. The summed E-state index contributed by atoms with van der Waals surface area (Å²) in [6.07, 6.45) is 0. The van der Waals surface area contributed by atoms with E-state index in [-0.39, 0.29) is 4.87 Å². The second-order valence-corrected chi connectivity index (χ2v) is 9.25. The lowest BCUT2D eigenvalue weighted by Gasteiger charge is -2.37. The molecule has 2 aliphatic heterocycles. The van der Waals surface area contributed by atoms with Crippen molar-refractivity contribution in [1.82, 2.24) is 4.98 Å². The van der Waals surface area contributed by atoms with Gasteiger partial charge >= 0.3 is 16.8 Å². The third-order valence-corrected chi connectivity index (χ3v) is 7.39. The molecule has 3 unspecified atom stereocenters. The van der Waals surface area contributed by atoms with E-state index in [9.17, 15) is 19.5 Å². The molecule has 10 heteroatoms. The Labute approximate surface area is 159 Å². The van der Waals surface area contributed by atoms with Gasteiger partial charge in [-0.3, -0.25) is 14.4 Å². The molecule has 0 radical (unpaired) electrons. The first-order chi connectivity index (χ1) is 11.4. The van der Waals surface area contributed by atoms with Crippen molar-refractivity contribution < 1.29 is 19.4 Å². The summed E-state index contributed by atoms with van der Waals surface area (Å²) in [6.45, 7) is 0. The number of thioether (sulfide) groups is 1. The first kappa shape index (κ1) is 16.4. The topological polar surface area (TPSA) is 96.5 Å². The van der Waals surface area contributed by atoms with Crippen LogP contribution in [0.3, 0.4) is 0 Å². The van der Waals surface area contributed by atoms with Gasteiger partial charge in [0.25, 0.3) is 0 Å². The SMILES string of the molecule is O=C(O)C1Sc2[nH]c(=O)sc2C2c3cc(Br)cc(Br)c3OC(=O)C12. The largest absolute Gasteiger partial charge is 0.480 e. The number of rotatable bonds is 1. The molecule has 3 atom stereocenters. The second-order valence-electron chi connectivity index (χ2n) is 5.32. The van der Waals surface area contributed by atoms with Crippen LogP contribution in [0.5, 0.6) is 5.75 Å². The summed E-state index contributed by atoms with van der Waals surface area (Å²) >= 11 is 8.77. The molecule has 24 heavy (non-hydrogen) atoms. The minimum absolute atomic E-state index is 0.271. The van der Waals surface area contributed by atoms with E-state index < -0.39 is 29.0 Å². The molecule has 124 valence electrons. The Hall–Kier alpha value is -1.10. The monoisotopic (exact) mass is 491 g/mol. The van der Waals surface area contributed by atoms with Crippen LogP contribution in [-0.4, -0.2) is 27.3 Å². The van der Waals surface area contributed by atoms with Crippen molar-refractivity contribution in [2.45, 2.75) is 16.2 Å². The number of carboxylic acid groups (broad SMARTS) is 1. The zero-order valence-corrected chi connectivity index (χ0v) is 16.3. The number of ether oxygens (including phenoxy) is 1. The average molecular weight is 493 g/mol. The maximum atomic E-state index is 12.5. The highest BCUT2D eigenvalue weighted by molar-refractivity contribution is 9.11. The molecule has 0 amide bonds. The maximum absolute atomic E-state index is 12.5. The van der Waals surface area contributed by atoms with Gasteiger partial charge in [-0.25, -0.2) is 0 Å². The molecule has 2 aliphatic rings. The lowest BCUT2D eigenvalue weighted by molar-refractivity contribution is -0.147. The van der Waals surface area contributed by atoms with Crippen molar-refractivity contribution in [3.8, 4) is 5.75 Å². The van der Waals surface area contributed by atoms with Crippen molar-refractivity contribution in [3.63, 3.8) is 0 Å². The van der Waals surface area contributed by atoms with Crippen LogP contribution < -0.4 is 9.61 Å². The van der Waals surface area contributed by atoms with Crippen LogP contribution in [0.2, 0.25) is 0 Å². The number of hydrogen-bond donors (Lipinski definition) is 2. The molecule has 0 saturated heterocycles. The van der Waals surface area contributed by atoms with E-state index in [2.05, 4.69) is 36.8 Å². The van der Waals surface area contributed by atoms with Crippen LogP contribution in [0.15, 0.2) is 30.9 Å². The first-order valence-electron chi connectivity index (χ1n) is 6.70. The van der Waals surface area contributed by atoms with E-state index >= 15 is 0 Å². The average Bonchev–Trinajstić information content (AvgIpc) is 2.87. The van der Waals surface area contributed by atoms with Crippen LogP contribution in [-0.2, 0) is 9.59 Å². The molecule has 0 spiro atoms. The first-order valence-corrected chi connectivity index (χ1v) is 9.98. The predicted molar refractivity (Wildman–Crippen MR) is 95.0 cm³/mol. The van der Waals surface area contributed by atoms with Gasteiger partial charge in [0.1, 0.15) is 11.0 Å². The number of carboxylic acids is 1. The zero-order valence-electron chi connectivity index (χ0n) is 11.5. The number of halogens is 2. The van der Waals surface area contributed by atoms with Gasteiger partial charge in [-0.15, -0.1) is 0 Å². The van der Waals surface area contributed by atoms with Gasteiger partial charge in [0.2, 0.25) is 0 Å². The van der Waals surface area contributed by atoms with Crippen LogP contribution in [0, 0.1) is 5.92 Å². The fourth-order valence-corrected chi connectivity index (χ4v) is 6.78. The third-order valence-electron chi connectivity index (χ3n) is 3.94. The molecule has 1 aromatic heterocycles. The Balaban J connectivity index is 2.02. The van der Waals surface area contributed by atoms with E-state index in [1.807, 2.05) is 0 Å². The molecule has 2 aromatic rings. The number of benzene rings is 1. The number of aromatic amines is 1. The highest BCUT2D eigenvalue weighted by Gasteiger charge is 2.52. The normalized spacial score (nSPS) is 24.6. The molecular formula is C14H7Br2NO5S2. The molecule has 4 rings (SSSR count). The zero-order chi connectivity index (χ0) is 17.2. The molecule has 0 aliphatic carbocycles. The molecule has 2 N–H and O–H groups in total. The Morgan fingerprint density at radius 3 is 2.75 bits per heavy atom. The van der Waals surface area contributed by atoms with Crippen LogP contribution >= 0.6 is 55.0 Å². The van der Waals surface area contributed by atoms with Crippen LogP contribution in [0.1, 0.15) is 16.4 Å². The van der Waals surface area contributed by atoms with Gasteiger partial charge in [0, 0.05) is 20.8 Å². The summed E-state index contributed by atoms with van der Waals surface area (Å²) in [5.41, 5.74) is 0.684. The number of nitrogens with one attached hydrogen (secondary N) is 1. The number of fused-ring (bicyclic) bond motifs is 5. The molecule has 6 nitrogen and oxygen atoms in total. The maximum Gasteiger partial charge on any atom is 0.317 e. The lowest BCUT2D eigenvalue weighted by atomic mass is 9.80. The van der Waals surface area contributed by atoms with Crippen molar-refractivity contribution in [3.05, 3.63) is 41.2 Å². The number of H-pyrrole nitrogens is 1. The molecule has 0 fully saturated rings. The predicted octanol–water partition coefficient (Wildman–Crippen LogP) is 3.19. The summed E-state index contributed by atoms with van der Waals surface area (Å²) in [4.78, 5) is 39.1. The quantitative estimate of drug-likeness (QED) is 0.468. The Kier molecular flexibility index (Phi) is 3.90. The van der Waals surface area contributed by atoms with Gasteiger partial charge in [-0.05, 0) is 28.1 Å². The third kappa shape index (κ3) is 2.39. The van der Waals surface area contributed by atoms with Gasteiger partial charge in [-0.1, -0.05) is 39.0 Å². The number of aromatic nitrogens is 1. The number of thiazole rings is 1. The van der Waals surface area contributed by atoms with Gasteiger partial charge < -0.3 is 14.8 Å². The second kappa shape index (κ2) is 5.72. The summed E-state index contributed by atoms with van der Waals surface area (Å²) in [7, 11) is 0. The Morgan fingerprint density at radius 1 is 1.29 bits per heavy atom. The van der Waals surface area contributed by atoms with E-state index in [1.54, 1.807) is 12.1 Å². The summed E-state index contributed by atoms with van der Waals surface area (Å²) in [5.74, 6) is -2.76. The fraction of sp³-hybridized carbons (Fsp3) is 0.214. The Bertz CT molecular complexity index is 953. The lowest BCUT2D eigenvalue weighted by Crippen LogP contribution is -2.44. The number of carbonyl (C=O) groups excluding carboxylic acids is 1. The minimum atomic E-state index is -1.11. The molecular weight excluding hydrogens is 486 g/mol. The van der Waals surface area contributed by atoms with Crippen LogP contribution in [0.25, 0.3) is 0 Å². The summed E-state index contributed by atoms with van der Waals surface area (Å²) in [6, 6.07) is 3.55. The smallest absolute Gasteiger partial charge is 0.317 e. The highest BCUT2D eigenvalue weighted by atomic mass is 79.9. The minimum Gasteiger partial charge on any atom is -0.480 e. The number of carbonyl (C=O) groups is 2. The number of aliphatic carboxylic acids is 1. The van der Waals surface area contributed by atoms with Gasteiger partial charge in [0.05, 0.1) is 15.4 Å². The van der Waals surface area contributed by atoms with E-state index in [0.29, 0.717) is 25.7 Å². The van der Waals surface area contributed by atoms with Crippen molar-refractivity contribution in [2.75, 3.05) is 0 Å². The van der Waals surface area contributed by atoms with E-state index in [1.165, 1.54) is 0 Å². The van der Waals surface area contributed by atoms with Gasteiger partial charge in [0.15, 0.2) is 0 Å². The number of hydrogen-bond acceptors (Lipinski definition) is 6. The van der Waals surface area contributed by atoms with Crippen molar-refractivity contribution in [1.29, 1.82) is 0 Å². The standard InChI is InChI=1S/C14H7Br2NO5S2/c15-3-1-4-6-7(13(20)22-8(4)5(16)2-3)10(12(18)19)23-11-9(6)24-14(21)17-11/h1-2,6-7,10H,(H,17,21)(H,18,19). The van der Waals surface area contributed by atoms with E-state index in [0.717, 1.165) is 27.6 Å². The number of esters is 1. The summed E-state index contributed by atoms with van der Waals surface area (Å²) in [5, 5.41) is 9.04. The molecule has 3 heterocycles. The van der Waals surface area contributed by atoms with Crippen molar-refractivity contribution in [2.24, 2.45) is 5.92 Å². The Morgan fingerprint density at radius 2 is 2.04 bits per heavy atom. The fourth-order valence-electron chi connectivity index (χ4n) is 3.04. The summed E-state index contributed by atoms with van der Waals surface area (Å²) < 4.78 is 6.78. The molecule has 1 aromatic carbocycles. The van der Waals surface area contributed by atoms with Gasteiger partial charge in [-0.2, -0.15) is 0 Å². The van der Waals surface area contributed by atoms with Crippen molar-refractivity contribution >= 4 is 66.9 Å². The molecule has 0 saturated carbocycles. The van der Waals surface area contributed by atoms with Crippen LogP contribution in [0.4, 0.5) is 0 Å². The highest BCUT2D eigenvalue weighted by Crippen LogP contribution is 2.55.